The monoisotopic (exact) mass is 380 g/mol. The molecule has 7 heteroatoms. The van der Waals surface area contributed by atoms with Crippen molar-refractivity contribution in [2.45, 2.75) is 26.8 Å². The summed E-state index contributed by atoms with van der Waals surface area (Å²) in [5.41, 5.74) is 2.84. The Kier molecular flexibility index (Phi) is 5.75. The third-order valence-electron chi connectivity index (χ3n) is 3.83. The first-order valence-electron chi connectivity index (χ1n) is 7.72. The van der Waals surface area contributed by atoms with Gasteiger partial charge >= 0.3 is 0 Å². The molecule has 1 amide bonds. The number of carbonyl (C=O) groups excluding carboxylic acids is 1. The van der Waals surface area contributed by atoms with Crippen molar-refractivity contribution in [1.82, 2.24) is 0 Å². The van der Waals surface area contributed by atoms with Crippen LogP contribution in [0.4, 0.5) is 11.4 Å². The van der Waals surface area contributed by atoms with Crippen LogP contribution in [-0.2, 0) is 14.8 Å². The Morgan fingerprint density at radius 3 is 2.28 bits per heavy atom. The first-order valence-corrected chi connectivity index (χ1v) is 9.95. The van der Waals surface area contributed by atoms with E-state index in [2.05, 4.69) is 5.32 Å². The van der Waals surface area contributed by atoms with E-state index in [1.165, 1.54) is 0 Å². The van der Waals surface area contributed by atoms with Gasteiger partial charge in [0, 0.05) is 10.7 Å². The lowest BCUT2D eigenvalue weighted by Gasteiger charge is -2.28. The average Bonchev–Trinajstić information content (AvgIpc) is 2.51. The molecule has 2 rings (SSSR count). The Morgan fingerprint density at radius 2 is 1.72 bits per heavy atom. The molecule has 0 aromatic heterocycles. The van der Waals surface area contributed by atoms with Gasteiger partial charge in [0.15, 0.2) is 0 Å². The predicted molar refractivity (Wildman–Crippen MR) is 103 cm³/mol. The van der Waals surface area contributed by atoms with Crippen LogP contribution in [0.3, 0.4) is 0 Å². The predicted octanol–water partition coefficient (Wildman–Crippen LogP) is 3.75. The Labute approximate surface area is 153 Å². The van der Waals surface area contributed by atoms with Crippen molar-refractivity contribution in [2.75, 3.05) is 15.9 Å². The lowest BCUT2D eigenvalue weighted by molar-refractivity contribution is -0.116. The minimum absolute atomic E-state index is 0.434. The highest BCUT2D eigenvalue weighted by atomic mass is 35.5. The average molecular weight is 381 g/mol. The van der Waals surface area contributed by atoms with Gasteiger partial charge in [-0.1, -0.05) is 35.4 Å². The normalized spacial score (nSPS) is 12.5. The van der Waals surface area contributed by atoms with E-state index in [1.807, 2.05) is 13.8 Å². The number of amides is 1. The summed E-state index contributed by atoms with van der Waals surface area (Å²) in [6.45, 7) is 5.30. The molecule has 1 N–H and O–H groups in total. The minimum Gasteiger partial charge on any atom is -0.324 e. The maximum absolute atomic E-state index is 12.6. The quantitative estimate of drug-likeness (QED) is 0.858. The van der Waals surface area contributed by atoms with E-state index in [0.29, 0.717) is 16.4 Å². The van der Waals surface area contributed by atoms with Crippen molar-refractivity contribution in [3.63, 3.8) is 0 Å². The van der Waals surface area contributed by atoms with E-state index in [4.69, 9.17) is 11.6 Å². The number of rotatable bonds is 5. The van der Waals surface area contributed by atoms with Crippen molar-refractivity contribution in [3.05, 3.63) is 58.6 Å². The number of aryl methyl sites for hydroxylation is 2. The standard InChI is InChI=1S/C18H21ClN2O3S/c1-12-5-9-16(10-6-12)21(25(4,23)24)14(3)18(22)20-17-11-15(19)8-7-13(17)2/h5-11,14H,1-4H3,(H,20,22)/t14-/m1/s1. The molecule has 0 aliphatic heterocycles. The zero-order chi connectivity index (χ0) is 18.8. The highest BCUT2D eigenvalue weighted by Crippen LogP contribution is 2.24. The van der Waals surface area contributed by atoms with Crippen molar-refractivity contribution in [2.24, 2.45) is 0 Å². The molecule has 0 saturated heterocycles. The third kappa shape index (κ3) is 4.74. The molecule has 0 aliphatic rings. The first-order chi connectivity index (χ1) is 11.6. The van der Waals surface area contributed by atoms with Gasteiger partial charge in [0.05, 0.1) is 11.9 Å². The van der Waals surface area contributed by atoms with Gasteiger partial charge in [-0.25, -0.2) is 8.42 Å². The molecular formula is C18H21ClN2O3S. The lowest BCUT2D eigenvalue weighted by atomic mass is 10.2. The largest absolute Gasteiger partial charge is 0.324 e. The molecule has 0 bridgehead atoms. The highest BCUT2D eigenvalue weighted by Gasteiger charge is 2.29. The summed E-state index contributed by atoms with van der Waals surface area (Å²) < 4.78 is 25.6. The molecular weight excluding hydrogens is 360 g/mol. The Balaban J connectivity index is 2.33. The maximum atomic E-state index is 12.6. The fraction of sp³-hybridized carbons (Fsp3) is 0.278. The van der Waals surface area contributed by atoms with Crippen LogP contribution in [0.1, 0.15) is 18.1 Å². The number of benzene rings is 2. The van der Waals surface area contributed by atoms with Gasteiger partial charge in [-0.3, -0.25) is 9.10 Å². The highest BCUT2D eigenvalue weighted by molar-refractivity contribution is 7.92. The fourth-order valence-corrected chi connectivity index (χ4v) is 3.81. The van der Waals surface area contributed by atoms with Gasteiger partial charge in [-0.15, -0.1) is 0 Å². The van der Waals surface area contributed by atoms with Crippen LogP contribution >= 0.6 is 11.6 Å². The van der Waals surface area contributed by atoms with Crippen molar-refractivity contribution >= 4 is 38.9 Å². The number of carbonyl (C=O) groups is 1. The molecule has 0 heterocycles. The van der Waals surface area contributed by atoms with E-state index in [1.54, 1.807) is 49.4 Å². The zero-order valence-corrected chi connectivity index (χ0v) is 16.1. The second-order valence-corrected chi connectivity index (χ2v) is 8.31. The Morgan fingerprint density at radius 1 is 1.12 bits per heavy atom. The Bertz CT molecular complexity index is 880. The summed E-state index contributed by atoms with van der Waals surface area (Å²) in [6, 6.07) is 11.2. The van der Waals surface area contributed by atoms with Crippen molar-refractivity contribution < 1.29 is 13.2 Å². The summed E-state index contributed by atoms with van der Waals surface area (Å²) >= 11 is 5.97. The van der Waals surface area contributed by atoms with E-state index in [-0.39, 0.29) is 0 Å². The van der Waals surface area contributed by atoms with E-state index in [0.717, 1.165) is 21.7 Å². The minimum atomic E-state index is -3.64. The van der Waals surface area contributed by atoms with Crippen LogP contribution in [-0.4, -0.2) is 26.6 Å². The van der Waals surface area contributed by atoms with E-state index in [9.17, 15) is 13.2 Å². The maximum Gasteiger partial charge on any atom is 0.248 e. The van der Waals surface area contributed by atoms with Gasteiger partial charge in [-0.2, -0.15) is 0 Å². The zero-order valence-electron chi connectivity index (χ0n) is 14.6. The van der Waals surface area contributed by atoms with E-state index >= 15 is 0 Å². The number of nitrogens with zero attached hydrogens (tertiary/aromatic N) is 1. The molecule has 2 aromatic carbocycles. The molecule has 0 unspecified atom stereocenters. The number of hydrogen-bond donors (Lipinski definition) is 1. The summed E-state index contributed by atoms with van der Waals surface area (Å²) in [5, 5.41) is 3.25. The molecule has 0 radical (unpaired) electrons. The van der Waals surface area contributed by atoms with Gasteiger partial charge in [0.1, 0.15) is 6.04 Å². The summed E-state index contributed by atoms with van der Waals surface area (Å²) in [4.78, 5) is 12.6. The van der Waals surface area contributed by atoms with Crippen LogP contribution in [0.25, 0.3) is 0 Å². The summed E-state index contributed by atoms with van der Waals surface area (Å²) in [7, 11) is -3.64. The molecule has 0 saturated carbocycles. The van der Waals surface area contributed by atoms with Crippen LogP contribution in [0.5, 0.6) is 0 Å². The number of halogens is 1. The molecule has 134 valence electrons. The topological polar surface area (TPSA) is 66.5 Å². The molecule has 0 fully saturated rings. The first kappa shape index (κ1) is 19.3. The number of sulfonamides is 1. The van der Waals surface area contributed by atoms with Crippen molar-refractivity contribution in [1.29, 1.82) is 0 Å². The van der Waals surface area contributed by atoms with Gasteiger partial charge < -0.3 is 5.32 Å². The summed E-state index contributed by atoms with van der Waals surface area (Å²) in [5.74, 6) is -0.434. The van der Waals surface area contributed by atoms with Crippen LogP contribution in [0.2, 0.25) is 5.02 Å². The number of hydrogen-bond acceptors (Lipinski definition) is 3. The van der Waals surface area contributed by atoms with Gasteiger partial charge in [-0.05, 0) is 50.6 Å². The van der Waals surface area contributed by atoms with Crippen LogP contribution < -0.4 is 9.62 Å². The van der Waals surface area contributed by atoms with E-state index < -0.39 is 22.0 Å². The van der Waals surface area contributed by atoms with Gasteiger partial charge in [0.25, 0.3) is 0 Å². The van der Waals surface area contributed by atoms with Crippen LogP contribution in [0.15, 0.2) is 42.5 Å². The smallest absolute Gasteiger partial charge is 0.248 e. The molecule has 25 heavy (non-hydrogen) atoms. The third-order valence-corrected chi connectivity index (χ3v) is 5.31. The Hall–Kier alpha value is -2.05. The van der Waals surface area contributed by atoms with Gasteiger partial charge in [0.2, 0.25) is 15.9 Å². The molecule has 2 aromatic rings. The summed E-state index contributed by atoms with van der Waals surface area (Å²) in [6.07, 6.45) is 1.08. The fourth-order valence-electron chi connectivity index (χ4n) is 2.47. The van der Waals surface area contributed by atoms with Crippen LogP contribution in [0, 0.1) is 13.8 Å². The molecule has 5 nitrogen and oxygen atoms in total. The molecule has 0 spiro atoms. The second-order valence-electron chi connectivity index (χ2n) is 6.02. The molecule has 1 atom stereocenters. The number of nitrogens with one attached hydrogen (secondary N) is 1. The molecule has 0 aliphatic carbocycles. The lowest BCUT2D eigenvalue weighted by Crippen LogP contribution is -2.45. The SMILES string of the molecule is Cc1ccc(N([C@H](C)C(=O)Nc2cc(Cl)ccc2C)S(C)(=O)=O)cc1. The number of anilines is 2. The van der Waals surface area contributed by atoms with Crippen molar-refractivity contribution in [3.8, 4) is 0 Å². The second kappa shape index (κ2) is 7.45.